The van der Waals surface area contributed by atoms with Crippen LogP contribution in [0.2, 0.25) is 0 Å². The van der Waals surface area contributed by atoms with E-state index in [2.05, 4.69) is 17.9 Å². The van der Waals surface area contributed by atoms with Crippen LogP contribution >= 0.6 is 11.6 Å². The quantitative estimate of drug-likeness (QED) is 0.632. The fraction of sp³-hybridized carbons (Fsp3) is 0.200. The average molecular weight is 297 g/mol. The Morgan fingerprint density at radius 3 is 2.05 bits per heavy atom. The third kappa shape index (κ3) is 8.11. The van der Waals surface area contributed by atoms with Crippen molar-refractivity contribution in [2.24, 2.45) is 0 Å². The molecule has 1 rings (SSSR count). The smallest absolute Gasteiger partial charge is 0.348 e. The minimum Gasteiger partial charge on any atom is -0.465 e. The molecule has 5 heteroatoms. The van der Waals surface area contributed by atoms with E-state index in [4.69, 9.17) is 16.3 Å². The number of halogens is 1. The summed E-state index contributed by atoms with van der Waals surface area (Å²) in [5, 5.41) is -0.0949. The maximum absolute atomic E-state index is 11.0. The summed E-state index contributed by atoms with van der Waals surface area (Å²) < 4.78 is 9.09. The van der Waals surface area contributed by atoms with Gasteiger partial charge in [0.1, 0.15) is 11.6 Å². The van der Waals surface area contributed by atoms with Gasteiger partial charge in [-0.2, -0.15) is 0 Å². The highest BCUT2D eigenvalue weighted by Gasteiger charge is 2.02. The zero-order valence-electron chi connectivity index (χ0n) is 11.5. The van der Waals surface area contributed by atoms with Gasteiger partial charge in [-0.05, 0) is 12.5 Å². The van der Waals surface area contributed by atoms with Gasteiger partial charge in [0, 0.05) is 5.57 Å². The van der Waals surface area contributed by atoms with Crippen LogP contribution in [0.5, 0.6) is 0 Å². The first-order chi connectivity index (χ1) is 9.38. The summed E-state index contributed by atoms with van der Waals surface area (Å²) in [6, 6.07) is 9.55. The first-order valence-electron chi connectivity index (χ1n) is 5.67. The highest BCUT2D eigenvalue weighted by molar-refractivity contribution is 6.40. The molecular weight excluding hydrogens is 280 g/mol. The van der Waals surface area contributed by atoms with Gasteiger partial charge < -0.3 is 9.47 Å². The minimum atomic E-state index is -0.582. The molecule has 0 atom stereocenters. The summed E-state index contributed by atoms with van der Waals surface area (Å²) in [6.07, 6.45) is 0. The number of carbonyl (C=O) groups is 2. The molecule has 108 valence electrons. The summed E-state index contributed by atoms with van der Waals surface area (Å²) >= 11 is 5.06. The van der Waals surface area contributed by atoms with Crippen LogP contribution in [-0.4, -0.2) is 19.0 Å². The van der Waals surface area contributed by atoms with Crippen LogP contribution in [0, 0.1) is 0 Å². The highest BCUT2D eigenvalue weighted by atomic mass is 35.5. The van der Waals surface area contributed by atoms with Gasteiger partial charge >= 0.3 is 11.9 Å². The number of ether oxygens (including phenoxy) is 2. The second kappa shape index (κ2) is 9.81. The topological polar surface area (TPSA) is 52.6 Å². The number of esters is 2. The lowest BCUT2D eigenvalue weighted by Crippen LogP contribution is -2.04. The molecular formula is C15H17ClO4. The van der Waals surface area contributed by atoms with E-state index in [1.54, 1.807) is 6.92 Å². The first-order valence-corrected chi connectivity index (χ1v) is 6.05. The Balaban J connectivity index is 0.000000441. The molecule has 0 N–H and O–H groups in total. The number of carbonyl (C=O) groups excluding carboxylic acids is 2. The van der Waals surface area contributed by atoms with Crippen LogP contribution in [0.15, 0.2) is 54.1 Å². The van der Waals surface area contributed by atoms with Crippen molar-refractivity contribution >= 4 is 23.5 Å². The second-order valence-corrected chi connectivity index (χ2v) is 4.19. The van der Waals surface area contributed by atoms with Gasteiger partial charge in [0.2, 0.25) is 0 Å². The Hall–Kier alpha value is -2.07. The van der Waals surface area contributed by atoms with Crippen LogP contribution in [0.25, 0.3) is 0 Å². The molecule has 0 fully saturated rings. The SMILES string of the molecule is C=C(C)C(=O)OCc1ccccc1.C=C(Cl)C(=O)OC. The molecule has 0 amide bonds. The molecule has 4 nitrogen and oxygen atoms in total. The van der Waals surface area contributed by atoms with Crippen LogP contribution in [0.1, 0.15) is 12.5 Å². The van der Waals surface area contributed by atoms with Crippen LogP contribution < -0.4 is 0 Å². The molecule has 0 saturated carbocycles. The lowest BCUT2D eigenvalue weighted by atomic mass is 10.2. The highest BCUT2D eigenvalue weighted by Crippen LogP contribution is 2.02. The van der Waals surface area contributed by atoms with E-state index in [1.165, 1.54) is 7.11 Å². The van der Waals surface area contributed by atoms with Gasteiger partial charge in [0.05, 0.1) is 7.11 Å². The molecule has 0 aliphatic carbocycles. The number of hydrogen-bond acceptors (Lipinski definition) is 4. The van der Waals surface area contributed by atoms with Crippen molar-refractivity contribution in [3.63, 3.8) is 0 Å². The third-order valence-electron chi connectivity index (χ3n) is 1.97. The summed E-state index contributed by atoms with van der Waals surface area (Å²) in [4.78, 5) is 21.1. The first kappa shape index (κ1) is 17.9. The molecule has 0 aromatic heterocycles. The average Bonchev–Trinajstić information content (AvgIpc) is 2.45. The Bertz CT molecular complexity index is 480. The van der Waals surface area contributed by atoms with E-state index in [9.17, 15) is 9.59 Å². The molecule has 0 radical (unpaired) electrons. The number of methoxy groups -OCH3 is 1. The molecule has 20 heavy (non-hydrogen) atoms. The fourth-order valence-corrected chi connectivity index (χ4v) is 1.03. The lowest BCUT2D eigenvalue weighted by Gasteiger charge is -2.03. The third-order valence-corrected chi connectivity index (χ3v) is 2.12. The van der Waals surface area contributed by atoms with Crippen molar-refractivity contribution in [1.29, 1.82) is 0 Å². The van der Waals surface area contributed by atoms with Crippen molar-refractivity contribution in [2.45, 2.75) is 13.5 Å². The van der Waals surface area contributed by atoms with Gasteiger partial charge in [0.25, 0.3) is 0 Å². The number of rotatable bonds is 4. The van der Waals surface area contributed by atoms with Crippen molar-refractivity contribution in [3.8, 4) is 0 Å². The van der Waals surface area contributed by atoms with Crippen LogP contribution in [-0.2, 0) is 25.7 Å². The fourth-order valence-electron chi connectivity index (χ4n) is 0.957. The predicted molar refractivity (Wildman–Crippen MR) is 78.1 cm³/mol. The molecule has 0 aliphatic heterocycles. The second-order valence-electron chi connectivity index (χ2n) is 3.74. The zero-order valence-corrected chi connectivity index (χ0v) is 12.3. The number of benzene rings is 1. The molecule has 0 saturated heterocycles. The Morgan fingerprint density at radius 2 is 1.70 bits per heavy atom. The lowest BCUT2D eigenvalue weighted by molar-refractivity contribution is -0.140. The maximum atomic E-state index is 11.0. The van der Waals surface area contributed by atoms with Crippen molar-refractivity contribution in [2.75, 3.05) is 7.11 Å². The van der Waals surface area contributed by atoms with E-state index >= 15 is 0 Å². The van der Waals surface area contributed by atoms with Crippen LogP contribution in [0.3, 0.4) is 0 Å². The van der Waals surface area contributed by atoms with E-state index in [0.29, 0.717) is 12.2 Å². The largest absolute Gasteiger partial charge is 0.465 e. The molecule has 0 bridgehead atoms. The van der Waals surface area contributed by atoms with E-state index in [1.807, 2.05) is 30.3 Å². The summed E-state index contributed by atoms with van der Waals surface area (Å²) in [5.41, 5.74) is 1.41. The summed E-state index contributed by atoms with van der Waals surface area (Å²) in [5.74, 6) is -0.925. The van der Waals surface area contributed by atoms with Gasteiger partial charge in [-0.15, -0.1) is 0 Å². The predicted octanol–water partition coefficient (Wildman–Crippen LogP) is 3.22. The van der Waals surface area contributed by atoms with Gasteiger partial charge in [-0.25, -0.2) is 9.59 Å². The van der Waals surface area contributed by atoms with E-state index < -0.39 is 5.97 Å². The molecule has 0 aliphatic rings. The van der Waals surface area contributed by atoms with Crippen LogP contribution in [0.4, 0.5) is 0 Å². The van der Waals surface area contributed by atoms with Gasteiger partial charge in [-0.3, -0.25) is 0 Å². The molecule has 1 aromatic carbocycles. The van der Waals surface area contributed by atoms with Gasteiger partial charge in [0.15, 0.2) is 0 Å². The normalized spacial score (nSPS) is 8.75. The molecule has 1 aromatic rings. The molecule has 0 heterocycles. The maximum Gasteiger partial charge on any atom is 0.348 e. The Morgan fingerprint density at radius 1 is 1.15 bits per heavy atom. The van der Waals surface area contributed by atoms with Crippen molar-refractivity contribution < 1.29 is 19.1 Å². The van der Waals surface area contributed by atoms with Crippen molar-refractivity contribution in [1.82, 2.24) is 0 Å². The molecule has 0 spiro atoms. The van der Waals surface area contributed by atoms with Gasteiger partial charge in [-0.1, -0.05) is 55.1 Å². The zero-order chi connectivity index (χ0) is 15.5. The minimum absolute atomic E-state index is 0.0949. The number of hydrogen-bond donors (Lipinski definition) is 0. The standard InChI is InChI=1S/C11H12O2.C4H5ClO2/c1-9(2)11(12)13-8-10-6-4-3-5-7-10;1-3(5)4(6)7-2/h3-7H,1,8H2,2H3;1H2,2H3. The van der Waals surface area contributed by atoms with Crippen molar-refractivity contribution in [3.05, 3.63) is 59.7 Å². The monoisotopic (exact) mass is 296 g/mol. The summed E-state index contributed by atoms with van der Waals surface area (Å²) in [6.45, 7) is 8.55. The Labute approximate surface area is 123 Å². The summed E-state index contributed by atoms with van der Waals surface area (Å²) in [7, 11) is 1.25. The Kier molecular flexibility index (Phi) is 8.79. The van der Waals surface area contributed by atoms with E-state index in [0.717, 1.165) is 5.56 Å². The molecule has 0 unspecified atom stereocenters. The van der Waals surface area contributed by atoms with E-state index in [-0.39, 0.29) is 11.0 Å².